The van der Waals surface area contributed by atoms with E-state index in [9.17, 15) is 19.5 Å². The van der Waals surface area contributed by atoms with Gasteiger partial charge in [-0.2, -0.15) is 0 Å². The maximum Gasteiger partial charge on any atom is 0.303 e. The van der Waals surface area contributed by atoms with Gasteiger partial charge in [0, 0.05) is 25.7 Å². The van der Waals surface area contributed by atoms with E-state index in [1.54, 1.807) is 12.1 Å². The summed E-state index contributed by atoms with van der Waals surface area (Å²) in [7, 11) is 0. The van der Waals surface area contributed by atoms with Crippen molar-refractivity contribution in [2.24, 2.45) is 5.73 Å². The van der Waals surface area contributed by atoms with Crippen molar-refractivity contribution >= 4 is 29.7 Å². The lowest BCUT2D eigenvalue weighted by Gasteiger charge is -2.43. The summed E-state index contributed by atoms with van der Waals surface area (Å²) < 4.78 is 21.5. The molecule has 1 saturated heterocycles. The van der Waals surface area contributed by atoms with Crippen molar-refractivity contribution < 1.29 is 38.4 Å². The molecule has 9 nitrogen and oxygen atoms in total. The maximum absolute atomic E-state index is 11.6. The fourth-order valence-corrected chi connectivity index (χ4v) is 3.92. The summed E-state index contributed by atoms with van der Waals surface area (Å²) >= 11 is 1.17. The summed E-state index contributed by atoms with van der Waals surface area (Å²) in [6.07, 6.45) is -2.78. The van der Waals surface area contributed by atoms with Gasteiger partial charge in [-0.05, 0) is 18.2 Å². The van der Waals surface area contributed by atoms with Gasteiger partial charge in [-0.25, -0.2) is 0 Å². The Bertz CT molecular complexity index is 725. The van der Waals surface area contributed by atoms with Gasteiger partial charge in [-0.1, -0.05) is 17.8 Å². The summed E-state index contributed by atoms with van der Waals surface area (Å²) in [6, 6.07) is 5.50. The summed E-state index contributed by atoms with van der Waals surface area (Å²) in [5.41, 5.74) is 5.47. The zero-order valence-electron chi connectivity index (χ0n) is 15.7. The number of nitrogens with two attached hydrogens (primary N) is 1. The van der Waals surface area contributed by atoms with Crippen LogP contribution in [0, 0.1) is 0 Å². The van der Waals surface area contributed by atoms with E-state index in [4.69, 9.17) is 24.7 Å². The zero-order chi connectivity index (χ0) is 20.8. The number of carbonyl (C=O) groups excluding carboxylic acids is 3. The number of benzene rings is 1. The topological polar surface area (TPSA) is 134 Å². The molecule has 0 spiro atoms. The Morgan fingerprint density at radius 2 is 1.75 bits per heavy atom. The Morgan fingerprint density at radius 3 is 2.32 bits per heavy atom. The molecule has 3 N–H and O–H groups in total. The van der Waals surface area contributed by atoms with Gasteiger partial charge in [0.25, 0.3) is 0 Å². The lowest BCUT2D eigenvalue weighted by molar-refractivity contribution is -0.201. The van der Waals surface area contributed by atoms with Gasteiger partial charge in [-0.15, -0.1) is 0 Å². The van der Waals surface area contributed by atoms with E-state index in [2.05, 4.69) is 0 Å². The van der Waals surface area contributed by atoms with Crippen molar-refractivity contribution in [3.63, 3.8) is 0 Å². The molecule has 1 aromatic carbocycles. The SMILES string of the molecule is CC(=O)OCC1OC(Sc2cccc(O)c2)C(OC(C)=O)C(N)C1OC(C)=O. The van der Waals surface area contributed by atoms with Gasteiger partial charge in [0.15, 0.2) is 6.10 Å². The summed E-state index contributed by atoms with van der Waals surface area (Å²) in [5.74, 6) is -1.65. The van der Waals surface area contributed by atoms with Crippen molar-refractivity contribution in [1.82, 2.24) is 0 Å². The van der Waals surface area contributed by atoms with Crippen LogP contribution in [-0.4, -0.2) is 59.4 Å². The Hall–Kier alpha value is -2.30. The highest BCUT2D eigenvalue weighted by molar-refractivity contribution is 7.99. The largest absolute Gasteiger partial charge is 0.508 e. The minimum Gasteiger partial charge on any atom is -0.508 e. The summed E-state index contributed by atoms with van der Waals surface area (Å²) in [5, 5.41) is 9.67. The number of esters is 3. The second kappa shape index (κ2) is 9.76. The van der Waals surface area contributed by atoms with E-state index < -0.39 is 47.7 Å². The van der Waals surface area contributed by atoms with Gasteiger partial charge in [0.1, 0.15) is 30.0 Å². The van der Waals surface area contributed by atoms with E-state index >= 15 is 0 Å². The Labute approximate surface area is 166 Å². The molecule has 154 valence electrons. The average Bonchev–Trinajstić information content (AvgIpc) is 2.58. The van der Waals surface area contributed by atoms with Crippen LogP contribution in [0.25, 0.3) is 0 Å². The number of ether oxygens (including phenoxy) is 4. The number of carbonyl (C=O) groups is 3. The van der Waals surface area contributed by atoms with Crippen LogP contribution in [0.4, 0.5) is 0 Å². The molecule has 0 saturated carbocycles. The van der Waals surface area contributed by atoms with Crippen molar-refractivity contribution in [2.45, 2.75) is 55.5 Å². The van der Waals surface area contributed by atoms with Crippen LogP contribution >= 0.6 is 11.8 Å². The fraction of sp³-hybridized carbons (Fsp3) is 0.500. The lowest BCUT2D eigenvalue weighted by Crippen LogP contribution is -2.63. The lowest BCUT2D eigenvalue weighted by atomic mass is 9.97. The molecule has 0 aromatic heterocycles. The molecule has 2 rings (SSSR count). The van der Waals surface area contributed by atoms with Crippen LogP contribution in [0.1, 0.15) is 20.8 Å². The van der Waals surface area contributed by atoms with E-state index in [-0.39, 0.29) is 12.4 Å². The highest BCUT2D eigenvalue weighted by Gasteiger charge is 2.48. The molecule has 1 aromatic rings. The number of thioether (sulfide) groups is 1. The van der Waals surface area contributed by atoms with Gasteiger partial charge < -0.3 is 29.8 Å². The molecule has 5 unspecified atom stereocenters. The van der Waals surface area contributed by atoms with E-state index in [1.165, 1.54) is 44.7 Å². The molecule has 1 aliphatic rings. The first-order chi connectivity index (χ1) is 13.2. The predicted molar refractivity (Wildman–Crippen MR) is 98.3 cm³/mol. The average molecular weight is 413 g/mol. The van der Waals surface area contributed by atoms with E-state index in [0.29, 0.717) is 4.90 Å². The number of phenols is 1. The molecule has 28 heavy (non-hydrogen) atoms. The second-order valence-corrected chi connectivity index (χ2v) is 7.36. The number of hydrogen-bond donors (Lipinski definition) is 2. The van der Waals surface area contributed by atoms with E-state index in [0.717, 1.165) is 0 Å². The molecular weight excluding hydrogens is 390 g/mol. The van der Waals surface area contributed by atoms with Gasteiger partial charge in [0.2, 0.25) is 0 Å². The van der Waals surface area contributed by atoms with Crippen LogP contribution in [-0.2, 0) is 33.3 Å². The Kier molecular flexibility index (Phi) is 7.67. The first-order valence-corrected chi connectivity index (χ1v) is 9.40. The van der Waals surface area contributed by atoms with Crippen molar-refractivity contribution in [2.75, 3.05) is 6.61 Å². The third kappa shape index (κ3) is 6.11. The quantitative estimate of drug-likeness (QED) is 0.513. The second-order valence-electron chi connectivity index (χ2n) is 6.19. The highest BCUT2D eigenvalue weighted by atomic mass is 32.2. The molecule has 0 aliphatic carbocycles. The third-order valence-electron chi connectivity index (χ3n) is 3.83. The smallest absolute Gasteiger partial charge is 0.303 e. The summed E-state index contributed by atoms with van der Waals surface area (Å²) in [6.45, 7) is 3.49. The van der Waals surface area contributed by atoms with Gasteiger partial charge in [-0.3, -0.25) is 14.4 Å². The molecular formula is C18H23NO8S. The van der Waals surface area contributed by atoms with Crippen LogP contribution in [0.5, 0.6) is 5.75 Å². The molecule has 10 heteroatoms. The molecule has 1 heterocycles. The number of hydrogen-bond acceptors (Lipinski definition) is 10. The van der Waals surface area contributed by atoms with Crippen LogP contribution in [0.3, 0.4) is 0 Å². The third-order valence-corrected chi connectivity index (χ3v) is 4.96. The van der Waals surface area contributed by atoms with Crippen molar-refractivity contribution in [1.29, 1.82) is 0 Å². The minimum absolute atomic E-state index is 0.0587. The molecule has 0 bridgehead atoms. The maximum atomic E-state index is 11.6. The van der Waals surface area contributed by atoms with Crippen LogP contribution in [0.15, 0.2) is 29.2 Å². The van der Waals surface area contributed by atoms with Gasteiger partial charge in [0.05, 0.1) is 6.04 Å². The number of aromatic hydroxyl groups is 1. The molecule has 0 amide bonds. The van der Waals surface area contributed by atoms with Crippen LogP contribution < -0.4 is 5.73 Å². The monoisotopic (exact) mass is 413 g/mol. The molecule has 1 aliphatic heterocycles. The van der Waals surface area contributed by atoms with E-state index in [1.807, 2.05) is 0 Å². The van der Waals surface area contributed by atoms with Crippen LogP contribution in [0.2, 0.25) is 0 Å². The zero-order valence-corrected chi connectivity index (χ0v) is 16.5. The number of rotatable bonds is 6. The number of phenolic OH excluding ortho intramolecular Hbond substituents is 1. The van der Waals surface area contributed by atoms with Crippen molar-refractivity contribution in [3.8, 4) is 5.75 Å². The molecule has 5 atom stereocenters. The predicted octanol–water partition coefficient (Wildman–Crippen LogP) is 0.963. The highest BCUT2D eigenvalue weighted by Crippen LogP contribution is 2.36. The minimum atomic E-state index is -0.984. The van der Waals surface area contributed by atoms with Crippen molar-refractivity contribution in [3.05, 3.63) is 24.3 Å². The first-order valence-electron chi connectivity index (χ1n) is 8.52. The Morgan fingerprint density at radius 1 is 1.11 bits per heavy atom. The van der Waals surface area contributed by atoms with Gasteiger partial charge >= 0.3 is 17.9 Å². The Balaban J connectivity index is 2.29. The first kappa shape index (κ1) is 22.0. The molecule has 1 fully saturated rings. The molecule has 0 radical (unpaired) electrons. The fourth-order valence-electron chi connectivity index (χ4n) is 2.73. The standard InChI is InChI=1S/C18H23NO8S/c1-9(20)24-8-14-16(25-10(2)21)15(19)17(26-11(3)22)18(27-14)28-13-6-4-5-12(23)7-13/h4-7,14-18,23H,8,19H2,1-3H3. The normalized spacial score (nSPS) is 26.9. The summed E-state index contributed by atoms with van der Waals surface area (Å²) in [4.78, 5) is 34.9.